The number of hydrogen-bond donors (Lipinski definition) is 1. The summed E-state index contributed by atoms with van der Waals surface area (Å²) in [7, 11) is 0. The van der Waals surface area contributed by atoms with E-state index in [1.807, 2.05) is 13.0 Å². The summed E-state index contributed by atoms with van der Waals surface area (Å²) >= 11 is 0. The van der Waals surface area contributed by atoms with E-state index in [-0.39, 0.29) is 0 Å². The molecule has 2 aromatic rings. The summed E-state index contributed by atoms with van der Waals surface area (Å²) in [5.74, 6) is 3.57. The molecule has 0 aromatic carbocycles. The molecule has 0 unspecified atom stereocenters. The second kappa shape index (κ2) is 4.83. The lowest BCUT2D eigenvalue weighted by atomic mass is 10.3. The summed E-state index contributed by atoms with van der Waals surface area (Å²) in [6.07, 6.45) is 1.78. The Balaban J connectivity index is 1.87. The summed E-state index contributed by atoms with van der Waals surface area (Å²) < 4.78 is 2.08. The Kier molecular flexibility index (Phi) is 3.02. The van der Waals surface area contributed by atoms with Gasteiger partial charge < -0.3 is 14.8 Å². The van der Waals surface area contributed by atoms with Gasteiger partial charge in [0.2, 0.25) is 0 Å². The predicted octanol–water partition coefficient (Wildman–Crippen LogP) is 0.829. The minimum absolute atomic E-state index is 0.738. The van der Waals surface area contributed by atoms with E-state index in [9.17, 15) is 0 Å². The Morgan fingerprint density at radius 2 is 2.21 bits per heavy atom. The van der Waals surface area contributed by atoms with Crippen LogP contribution in [0, 0.1) is 6.92 Å². The molecule has 7 heteroatoms. The van der Waals surface area contributed by atoms with Gasteiger partial charge in [0.05, 0.1) is 6.54 Å². The first-order valence-electron chi connectivity index (χ1n) is 6.47. The van der Waals surface area contributed by atoms with Crippen molar-refractivity contribution in [2.45, 2.75) is 26.9 Å². The molecule has 0 amide bonds. The highest BCUT2D eigenvalue weighted by Gasteiger charge is 2.19. The molecule has 3 rings (SSSR count). The van der Waals surface area contributed by atoms with Crippen molar-refractivity contribution in [1.29, 1.82) is 0 Å². The second-order valence-electron chi connectivity index (χ2n) is 4.55. The van der Waals surface area contributed by atoms with Crippen molar-refractivity contribution in [3.63, 3.8) is 0 Å². The van der Waals surface area contributed by atoms with Crippen LogP contribution in [0.25, 0.3) is 0 Å². The first-order chi connectivity index (χ1) is 9.26. The smallest absolute Gasteiger partial charge is 0.152 e. The van der Waals surface area contributed by atoms with E-state index in [1.54, 1.807) is 6.33 Å². The van der Waals surface area contributed by atoms with Gasteiger partial charge in [0.25, 0.3) is 0 Å². The van der Waals surface area contributed by atoms with Gasteiger partial charge in [-0.3, -0.25) is 0 Å². The van der Waals surface area contributed by atoms with Gasteiger partial charge in [0.15, 0.2) is 5.82 Å². The molecule has 0 bridgehead atoms. The lowest BCUT2D eigenvalue weighted by Gasteiger charge is -2.28. The van der Waals surface area contributed by atoms with Gasteiger partial charge in [-0.15, -0.1) is 10.2 Å². The summed E-state index contributed by atoms with van der Waals surface area (Å²) in [5.41, 5.74) is 0. The lowest BCUT2D eigenvalue weighted by molar-refractivity contribution is 0.555. The van der Waals surface area contributed by atoms with E-state index in [4.69, 9.17) is 0 Å². The number of aromatic nitrogens is 5. The number of anilines is 2. The third-order valence-corrected chi connectivity index (χ3v) is 3.15. The lowest BCUT2D eigenvalue weighted by Crippen LogP contribution is -2.34. The molecule has 1 aliphatic heterocycles. The molecule has 0 atom stereocenters. The predicted molar refractivity (Wildman–Crippen MR) is 72.0 cm³/mol. The number of fused-ring (bicyclic) bond motifs is 1. The van der Waals surface area contributed by atoms with E-state index in [2.05, 4.69) is 41.9 Å². The van der Waals surface area contributed by atoms with Crippen molar-refractivity contribution in [1.82, 2.24) is 24.7 Å². The van der Waals surface area contributed by atoms with Gasteiger partial charge in [-0.05, 0) is 13.8 Å². The zero-order valence-electron chi connectivity index (χ0n) is 11.2. The first kappa shape index (κ1) is 11.9. The number of rotatable bonds is 3. The monoisotopic (exact) mass is 259 g/mol. The molecule has 1 N–H and O–H groups in total. The molecule has 0 fully saturated rings. The van der Waals surface area contributed by atoms with Gasteiger partial charge in [-0.25, -0.2) is 9.97 Å². The Bertz CT molecular complexity index is 577. The minimum atomic E-state index is 0.738. The summed E-state index contributed by atoms with van der Waals surface area (Å²) in [6.45, 7) is 7.36. The fourth-order valence-corrected chi connectivity index (χ4v) is 2.25. The maximum Gasteiger partial charge on any atom is 0.152 e. The zero-order valence-corrected chi connectivity index (χ0v) is 11.2. The van der Waals surface area contributed by atoms with Gasteiger partial charge in [-0.1, -0.05) is 0 Å². The average molecular weight is 259 g/mol. The highest BCUT2D eigenvalue weighted by molar-refractivity contribution is 5.49. The van der Waals surface area contributed by atoms with Crippen LogP contribution in [0.2, 0.25) is 0 Å². The topological polar surface area (TPSA) is 71.8 Å². The van der Waals surface area contributed by atoms with Crippen molar-refractivity contribution in [3.05, 3.63) is 24.0 Å². The van der Waals surface area contributed by atoms with Gasteiger partial charge in [0, 0.05) is 25.7 Å². The first-order valence-corrected chi connectivity index (χ1v) is 6.47. The maximum absolute atomic E-state index is 4.51. The highest BCUT2D eigenvalue weighted by Crippen LogP contribution is 2.20. The molecule has 0 spiro atoms. The van der Waals surface area contributed by atoms with Crippen molar-refractivity contribution >= 4 is 11.6 Å². The molecule has 2 aromatic heterocycles. The van der Waals surface area contributed by atoms with Crippen molar-refractivity contribution in [2.75, 3.05) is 23.3 Å². The molecule has 0 saturated carbocycles. The molecule has 1 aliphatic rings. The van der Waals surface area contributed by atoms with Crippen LogP contribution in [0.3, 0.4) is 0 Å². The van der Waals surface area contributed by atoms with E-state index in [0.717, 1.165) is 49.5 Å². The van der Waals surface area contributed by atoms with Crippen LogP contribution in [0.1, 0.15) is 18.6 Å². The number of hydrogen-bond acceptors (Lipinski definition) is 6. The van der Waals surface area contributed by atoms with Gasteiger partial charge in [0.1, 0.15) is 23.8 Å². The van der Waals surface area contributed by atoms with E-state index >= 15 is 0 Å². The van der Waals surface area contributed by atoms with Crippen molar-refractivity contribution in [2.24, 2.45) is 0 Å². The minimum Gasteiger partial charge on any atom is -0.370 e. The Morgan fingerprint density at radius 1 is 1.32 bits per heavy atom. The summed E-state index contributed by atoms with van der Waals surface area (Å²) in [4.78, 5) is 11.1. The molecule has 0 radical (unpaired) electrons. The Morgan fingerprint density at radius 3 is 3.05 bits per heavy atom. The summed E-state index contributed by atoms with van der Waals surface area (Å²) in [5, 5.41) is 11.3. The van der Waals surface area contributed by atoms with E-state index < -0.39 is 0 Å². The van der Waals surface area contributed by atoms with Crippen LogP contribution < -0.4 is 10.2 Å². The van der Waals surface area contributed by atoms with Gasteiger partial charge in [-0.2, -0.15) is 0 Å². The molecule has 0 saturated heterocycles. The Hall–Kier alpha value is -2.18. The number of nitrogens with zero attached hydrogens (tertiary/aromatic N) is 6. The maximum atomic E-state index is 4.51. The normalized spacial score (nSPS) is 14.3. The third-order valence-electron chi connectivity index (χ3n) is 3.15. The van der Waals surface area contributed by atoms with Gasteiger partial charge >= 0.3 is 0 Å². The zero-order chi connectivity index (χ0) is 13.2. The van der Waals surface area contributed by atoms with Crippen LogP contribution >= 0.6 is 0 Å². The van der Waals surface area contributed by atoms with Crippen LogP contribution in [0.4, 0.5) is 11.6 Å². The number of nitrogens with one attached hydrogen (secondary N) is 1. The van der Waals surface area contributed by atoms with Crippen LogP contribution in [-0.4, -0.2) is 37.8 Å². The molecule has 3 heterocycles. The second-order valence-corrected chi connectivity index (χ2v) is 4.55. The SMILES string of the molecule is CCNc1cc(N2CCn3cnnc3C2)nc(C)n1. The van der Waals surface area contributed by atoms with Crippen LogP contribution in [-0.2, 0) is 13.1 Å². The largest absolute Gasteiger partial charge is 0.370 e. The molecule has 100 valence electrons. The fourth-order valence-electron chi connectivity index (χ4n) is 2.25. The standard InChI is InChI=1S/C12H17N7/c1-3-13-10-6-11(16-9(2)15-10)18-4-5-19-8-14-17-12(19)7-18/h6,8H,3-5,7H2,1-2H3,(H,13,15,16). The Labute approximate surface area is 111 Å². The van der Waals surface area contributed by atoms with Crippen molar-refractivity contribution in [3.8, 4) is 0 Å². The molecule has 7 nitrogen and oxygen atoms in total. The fraction of sp³-hybridized carbons (Fsp3) is 0.500. The molecular weight excluding hydrogens is 242 g/mol. The van der Waals surface area contributed by atoms with E-state index in [0.29, 0.717) is 0 Å². The third kappa shape index (κ3) is 2.35. The summed E-state index contributed by atoms with van der Waals surface area (Å²) in [6, 6.07) is 1.99. The molecular formula is C12H17N7. The molecule has 0 aliphatic carbocycles. The van der Waals surface area contributed by atoms with Crippen LogP contribution in [0.15, 0.2) is 12.4 Å². The van der Waals surface area contributed by atoms with E-state index in [1.165, 1.54) is 0 Å². The van der Waals surface area contributed by atoms with Crippen LogP contribution in [0.5, 0.6) is 0 Å². The van der Waals surface area contributed by atoms with Crippen molar-refractivity contribution < 1.29 is 0 Å². The number of aryl methyl sites for hydroxylation is 1. The average Bonchev–Trinajstić information content (AvgIpc) is 2.85. The highest BCUT2D eigenvalue weighted by atomic mass is 15.3. The quantitative estimate of drug-likeness (QED) is 0.880. The molecule has 19 heavy (non-hydrogen) atoms.